The van der Waals surface area contributed by atoms with E-state index in [2.05, 4.69) is 13.8 Å². The molecule has 0 spiro atoms. The summed E-state index contributed by atoms with van der Waals surface area (Å²) >= 11 is 0. The van der Waals surface area contributed by atoms with E-state index >= 15 is 0 Å². The minimum Gasteiger partial charge on any atom is -0.359 e. The molecule has 0 aliphatic rings. The molecule has 0 aromatic carbocycles. The maximum absolute atomic E-state index is 9.65. The Labute approximate surface area is 76.3 Å². The van der Waals surface area contributed by atoms with Gasteiger partial charge in [0.25, 0.3) is 0 Å². The van der Waals surface area contributed by atoms with Gasteiger partial charge >= 0.3 is 0 Å². The van der Waals surface area contributed by atoms with Crippen LogP contribution in [0.3, 0.4) is 0 Å². The van der Waals surface area contributed by atoms with Crippen LogP contribution in [0.15, 0.2) is 0 Å². The summed E-state index contributed by atoms with van der Waals surface area (Å²) in [7, 11) is -1.51. The van der Waals surface area contributed by atoms with Gasteiger partial charge in [-0.05, 0) is 27.2 Å². The summed E-state index contributed by atoms with van der Waals surface area (Å²) in [6.45, 7) is 7.82. The molecule has 2 N–H and O–H groups in total. The largest absolute Gasteiger partial charge is 0.359 e. The molecular formula is C9H22O2P+. The van der Waals surface area contributed by atoms with Gasteiger partial charge in [-0.3, -0.25) is 0 Å². The summed E-state index contributed by atoms with van der Waals surface area (Å²) < 4.78 is 0. The van der Waals surface area contributed by atoms with E-state index in [4.69, 9.17) is 0 Å². The molecule has 0 amide bonds. The lowest BCUT2D eigenvalue weighted by molar-refractivity contribution is 0.237. The van der Waals surface area contributed by atoms with E-state index in [0.29, 0.717) is 0 Å². The van der Waals surface area contributed by atoms with Crippen molar-refractivity contribution in [3.05, 3.63) is 0 Å². The highest BCUT2D eigenvalue weighted by Crippen LogP contribution is 2.65. The van der Waals surface area contributed by atoms with Crippen LogP contribution in [-0.4, -0.2) is 34.2 Å². The highest BCUT2D eigenvalue weighted by Gasteiger charge is 2.44. The monoisotopic (exact) mass is 193 g/mol. The lowest BCUT2D eigenvalue weighted by Gasteiger charge is -2.31. The molecule has 0 aliphatic carbocycles. The zero-order chi connectivity index (χ0) is 9.78. The van der Waals surface area contributed by atoms with E-state index < -0.39 is 7.26 Å². The van der Waals surface area contributed by atoms with Crippen molar-refractivity contribution in [3.63, 3.8) is 0 Å². The molecule has 0 aromatic rings. The topological polar surface area (TPSA) is 40.5 Å². The third-order valence-corrected chi connectivity index (χ3v) is 8.15. The van der Waals surface area contributed by atoms with Crippen LogP contribution in [0.25, 0.3) is 0 Å². The average Bonchev–Trinajstić information content (AvgIpc) is 1.98. The first-order valence-corrected chi connectivity index (χ1v) is 7.03. The van der Waals surface area contributed by atoms with Crippen LogP contribution in [0.4, 0.5) is 0 Å². The van der Waals surface area contributed by atoms with Gasteiger partial charge in [0.15, 0.2) is 11.7 Å². The normalized spacial score (nSPS) is 21.5. The van der Waals surface area contributed by atoms with Gasteiger partial charge in [0.2, 0.25) is 0 Å². The molecule has 0 aliphatic heterocycles. The fourth-order valence-corrected chi connectivity index (χ4v) is 5.37. The highest BCUT2D eigenvalue weighted by molar-refractivity contribution is 7.76. The predicted octanol–water partition coefficient (Wildman–Crippen LogP) is 2.11. The summed E-state index contributed by atoms with van der Waals surface area (Å²) in [6.07, 6.45) is 2.99. The van der Waals surface area contributed by atoms with Crippen LogP contribution >= 0.6 is 7.26 Å². The Bertz CT molecular complexity index is 116. The van der Waals surface area contributed by atoms with E-state index in [-0.39, 0.29) is 11.7 Å². The fourth-order valence-electron chi connectivity index (χ4n) is 1.79. The first-order valence-electron chi connectivity index (χ1n) is 4.73. The Kier molecular flexibility index (Phi) is 5.31. The Morgan fingerprint density at radius 3 is 1.58 bits per heavy atom. The number of hydrogen-bond donors (Lipinski definition) is 2. The third-order valence-electron chi connectivity index (χ3n) is 2.72. The Morgan fingerprint density at radius 2 is 1.50 bits per heavy atom. The van der Waals surface area contributed by atoms with Gasteiger partial charge in [-0.2, -0.15) is 0 Å². The van der Waals surface area contributed by atoms with Crippen molar-refractivity contribution in [2.75, 3.05) is 12.3 Å². The molecule has 2 atom stereocenters. The second-order valence-corrected chi connectivity index (χ2v) is 8.19. The molecule has 0 heterocycles. The molecule has 3 heteroatoms. The molecule has 0 aromatic heterocycles. The first kappa shape index (κ1) is 12.3. The van der Waals surface area contributed by atoms with Gasteiger partial charge in [0.1, 0.15) is 0 Å². The second kappa shape index (κ2) is 5.16. The molecule has 0 rings (SSSR count). The summed E-state index contributed by atoms with van der Waals surface area (Å²) in [5.74, 6) is -0.634. The number of rotatable bonds is 5. The Morgan fingerprint density at radius 1 is 1.08 bits per heavy atom. The Hall–Kier alpha value is 0.350. The van der Waals surface area contributed by atoms with Crippen molar-refractivity contribution in [1.29, 1.82) is 0 Å². The van der Waals surface area contributed by atoms with Gasteiger partial charge in [-0.1, -0.05) is 6.92 Å². The van der Waals surface area contributed by atoms with Crippen LogP contribution in [-0.2, 0) is 0 Å². The van der Waals surface area contributed by atoms with Gasteiger partial charge in [0, 0.05) is 0 Å². The number of aliphatic hydroxyl groups excluding tert-OH is 2. The van der Waals surface area contributed by atoms with E-state index in [1.807, 2.05) is 13.8 Å². The molecule has 0 bridgehead atoms. The maximum atomic E-state index is 9.65. The summed E-state index contributed by atoms with van der Waals surface area (Å²) in [6, 6.07) is 0. The lowest BCUT2D eigenvalue weighted by atomic mass is 10.6. The molecule has 0 fully saturated rings. The number of hydrogen-bond acceptors (Lipinski definition) is 2. The quantitative estimate of drug-likeness (QED) is 0.656. The zero-order valence-corrected chi connectivity index (χ0v) is 9.51. The smallest absolute Gasteiger partial charge is 0.163 e. The van der Waals surface area contributed by atoms with Crippen molar-refractivity contribution in [3.8, 4) is 0 Å². The molecular weight excluding hydrogens is 171 g/mol. The predicted molar refractivity (Wildman–Crippen MR) is 56.0 cm³/mol. The molecule has 12 heavy (non-hydrogen) atoms. The molecule has 2 unspecified atom stereocenters. The maximum Gasteiger partial charge on any atom is 0.163 e. The van der Waals surface area contributed by atoms with Gasteiger partial charge in [0.05, 0.1) is 19.6 Å². The van der Waals surface area contributed by atoms with Gasteiger partial charge < -0.3 is 10.2 Å². The molecule has 0 saturated carbocycles. The molecule has 0 saturated heterocycles. The molecule has 74 valence electrons. The van der Waals surface area contributed by atoms with E-state index in [1.165, 1.54) is 0 Å². The minimum atomic E-state index is -1.51. The SMILES string of the molecule is CCC[P+](CC)(C(C)O)C(C)O. The van der Waals surface area contributed by atoms with Crippen LogP contribution in [0.2, 0.25) is 0 Å². The average molecular weight is 193 g/mol. The number of aliphatic hydroxyl groups is 2. The van der Waals surface area contributed by atoms with Crippen molar-refractivity contribution < 1.29 is 10.2 Å². The third kappa shape index (κ3) is 2.42. The fraction of sp³-hybridized carbons (Fsp3) is 1.00. The summed E-state index contributed by atoms with van der Waals surface area (Å²) in [5, 5.41) is 19.3. The lowest BCUT2D eigenvalue weighted by Crippen LogP contribution is -2.24. The summed E-state index contributed by atoms with van der Waals surface area (Å²) in [5.41, 5.74) is 0. The minimum absolute atomic E-state index is 0.317. The van der Waals surface area contributed by atoms with Crippen molar-refractivity contribution in [2.24, 2.45) is 0 Å². The van der Waals surface area contributed by atoms with Gasteiger partial charge in [-0.15, -0.1) is 0 Å². The Balaban J connectivity index is 4.51. The van der Waals surface area contributed by atoms with Crippen LogP contribution in [0, 0.1) is 0 Å². The zero-order valence-electron chi connectivity index (χ0n) is 8.62. The second-order valence-electron chi connectivity index (χ2n) is 3.41. The van der Waals surface area contributed by atoms with Gasteiger partial charge in [-0.25, -0.2) is 0 Å². The molecule has 0 radical (unpaired) electrons. The van der Waals surface area contributed by atoms with Crippen molar-refractivity contribution >= 4 is 7.26 Å². The molecule has 2 nitrogen and oxygen atoms in total. The van der Waals surface area contributed by atoms with E-state index in [9.17, 15) is 10.2 Å². The standard InChI is InChI=1S/C9H22O2P/c1-5-7-12(6-2,8(3)10)9(4)11/h8-11H,5-7H2,1-4H3/q+1. The summed E-state index contributed by atoms with van der Waals surface area (Å²) in [4.78, 5) is 0. The van der Waals surface area contributed by atoms with Crippen LogP contribution < -0.4 is 0 Å². The van der Waals surface area contributed by atoms with Crippen LogP contribution in [0.1, 0.15) is 34.1 Å². The first-order chi connectivity index (χ1) is 5.51. The van der Waals surface area contributed by atoms with Crippen LogP contribution in [0.5, 0.6) is 0 Å². The van der Waals surface area contributed by atoms with Crippen molar-refractivity contribution in [2.45, 2.75) is 45.8 Å². The van der Waals surface area contributed by atoms with E-state index in [0.717, 1.165) is 18.7 Å². The highest BCUT2D eigenvalue weighted by atomic mass is 31.2. The van der Waals surface area contributed by atoms with Crippen molar-refractivity contribution in [1.82, 2.24) is 0 Å². The van der Waals surface area contributed by atoms with E-state index in [1.54, 1.807) is 0 Å².